The number of para-hydroxylation sites is 1. The second kappa shape index (κ2) is 9.65. The summed E-state index contributed by atoms with van der Waals surface area (Å²) in [5, 5.41) is 22.1. The quantitative estimate of drug-likeness (QED) is 0.729. The minimum Gasteiger partial charge on any atom is -0.489 e. The van der Waals surface area contributed by atoms with Crippen LogP contribution in [-0.2, 0) is 0 Å². The van der Waals surface area contributed by atoms with Crippen molar-refractivity contribution in [2.24, 2.45) is 0 Å². The van der Waals surface area contributed by atoms with Crippen LogP contribution in [0.25, 0.3) is 0 Å². The maximum Gasteiger partial charge on any atom is 0.137 e. The van der Waals surface area contributed by atoms with Crippen molar-refractivity contribution in [2.45, 2.75) is 26.0 Å². The lowest BCUT2D eigenvalue weighted by molar-refractivity contribution is 0.104. The van der Waals surface area contributed by atoms with Crippen molar-refractivity contribution in [3.05, 3.63) is 29.8 Å². The van der Waals surface area contributed by atoms with Gasteiger partial charge >= 0.3 is 0 Å². The molecule has 0 fully saturated rings. The first-order valence-electron chi connectivity index (χ1n) is 6.78. The summed E-state index contributed by atoms with van der Waals surface area (Å²) >= 11 is 1.87. The lowest BCUT2D eigenvalue weighted by Gasteiger charge is -2.17. The zero-order valence-corrected chi connectivity index (χ0v) is 12.8. The molecule has 1 aromatic carbocycles. The van der Waals surface area contributed by atoms with E-state index in [1.54, 1.807) is 18.2 Å². The first-order chi connectivity index (χ1) is 9.67. The van der Waals surface area contributed by atoms with E-state index in [9.17, 15) is 5.11 Å². The zero-order valence-electron chi connectivity index (χ0n) is 12.0. The molecule has 4 nitrogen and oxygen atoms in total. The highest BCUT2D eigenvalue weighted by Gasteiger charge is 2.09. The maximum atomic E-state index is 9.87. The largest absolute Gasteiger partial charge is 0.489 e. The minimum atomic E-state index is -0.587. The van der Waals surface area contributed by atoms with E-state index in [1.807, 2.05) is 17.8 Å². The molecular weight excluding hydrogens is 272 g/mol. The molecule has 0 saturated carbocycles. The molecule has 1 aromatic rings. The zero-order chi connectivity index (χ0) is 14.8. The van der Waals surface area contributed by atoms with Crippen LogP contribution in [-0.4, -0.2) is 41.9 Å². The van der Waals surface area contributed by atoms with Crippen LogP contribution in [0.4, 0.5) is 0 Å². The first-order valence-corrected chi connectivity index (χ1v) is 7.94. The summed E-state index contributed by atoms with van der Waals surface area (Å²) in [6.45, 7) is 4.90. The Morgan fingerprint density at radius 2 is 2.20 bits per heavy atom. The van der Waals surface area contributed by atoms with Crippen LogP contribution in [0.1, 0.15) is 19.4 Å². The van der Waals surface area contributed by atoms with Crippen LogP contribution in [0.2, 0.25) is 0 Å². The van der Waals surface area contributed by atoms with Crippen molar-refractivity contribution in [3.8, 4) is 11.8 Å². The number of nitrogens with zero attached hydrogens (tertiary/aromatic N) is 1. The number of hydrogen-bond acceptors (Lipinski definition) is 5. The van der Waals surface area contributed by atoms with Crippen LogP contribution in [0.3, 0.4) is 0 Å². The van der Waals surface area contributed by atoms with Gasteiger partial charge in [-0.1, -0.05) is 19.1 Å². The Labute approximate surface area is 125 Å². The molecule has 0 spiro atoms. The predicted octanol–water partition coefficient (Wildman–Crippen LogP) is 2.03. The number of ether oxygens (including phenoxy) is 1. The van der Waals surface area contributed by atoms with E-state index in [1.165, 1.54) is 0 Å². The number of thioether (sulfide) groups is 1. The van der Waals surface area contributed by atoms with Gasteiger partial charge in [0.05, 0.1) is 5.56 Å². The Kier molecular flexibility index (Phi) is 8.12. The summed E-state index contributed by atoms with van der Waals surface area (Å²) in [5.74, 6) is 2.65. The normalized spacial score (nSPS) is 13.5. The van der Waals surface area contributed by atoms with Crippen molar-refractivity contribution in [1.82, 2.24) is 5.32 Å². The Balaban J connectivity index is 2.29. The van der Waals surface area contributed by atoms with Gasteiger partial charge in [-0.3, -0.25) is 0 Å². The minimum absolute atomic E-state index is 0.180. The molecule has 2 unspecified atom stereocenters. The molecule has 2 N–H and O–H groups in total. The molecule has 0 aliphatic rings. The van der Waals surface area contributed by atoms with Gasteiger partial charge in [0, 0.05) is 18.3 Å². The summed E-state index contributed by atoms with van der Waals surface area (Å²) < 4.78 is 5.49. The molecular formula is C15H22N2O2S. The van der Waals surface area contributed by atoms with Crippen LogP contribution >= 0.6 is 11.8 Å². The molecule has 0 amide bonds. The molecule has 0 aromatic heterocycles. The monoisotopic (exact) mass is 294 g/mol. The first kappa shape index (κ1) is 16.8. The maximum absolute atomic E-state index is 9.87. The third-order valence-electron chi connectivity index (χ3n) is 2.71. The van der Waals surface area contributed by atoms with Crippen molar-refractivity contribution in [2.75, 3.05) is 24.7 Å². The Bertz CT molecular complexity index is 434. The number of aliphatic hydroxyl groups excluding tert-OH is 1. The molecule has 0 aliphatic heterocycles. The third kappa shape index (κ3) is 6.29. The van der Waals surface area contributed by atoms with Gasteiger partial charge < -0.3 is 15.2 Å². The third-order valence-corrected chi connectivity index (χ3v) is 3.86. The van der Waals surface area contributed by atoms with E-state index in [2.05, 4.69) is 25.2 Å². The molecule has 0 heterocycles. The summed E-state index contributed by atoms with van der Waals surface area (Å²) in [5.41, 5.74) is 0.486. The topological polar surface area (TPSA) is 65.3 Å². The fourth-order valence-corrected chi connectivity index (χ4v) is 2.33. The molecule has 5 heteroatoms. The van der Waals surface area contributed by atoms with Crippen molar-refractivity contribution >= 4 is 11.8 Å². The number of nitrogens with one attached hydrogen (secondary N) is 1. The van der Waals surface area contributed by atoms with Gasteiger partial charge in [-0.2, -0.15) is 17.0 Å². The molecule has 110 valence electrons. The summed E-state index contributed by atoms with van der Waals surface area (Å²) in [7, 11) is 0. The molecule has 1 rings (SSSR count). The second-order valence-corrected chi connectivity index (χ2v) is 5.86. The molecule has 0 radical (unpaired) electrons. The van der Waals surface area contributed by atoms with Crippen molar-refractivity contribution < 1.29 is 9.84 Å². The highest BCUT2D eigenvalue weighted by Crippen LogP contribution is 2.16. The van der Waals surface area contributed by atoms with E-state index in [0.717, 1.165) is 11.5 Å². The van der Waals surface area contributed by atoms with Gasteiger partial charge in [0.15, 0.2) is 0 Å². The van der Waals surface area contributed by atoms with E-state index in [4.69, 9.17) is 10.00 Å². The molecule has 2 atom stereocenters. The molecule has 20 heavy (non-hydrogen) atoms. The van der Waals surface area contributed by atoms with Crippen LogP contribution in [0.5, 0.6) is 5.75 Å². The molecule has 0 saturated heterocycles. The Morgan fingerprint density at radius 3 is 2.90 bits per heavy atom. The van der Waals surface area contributed by atoms with Crippen LogP contribution in [0, 0.1) is 11.3 Å². The van der Waals surface area contributed by atoms with Gasteiger partial charge in [-0.15, -0.1) is 0 Å². The summed E-state index contributed by atoms with van der Waals surface area (Å²) in [6, 6.07) is 9.46. The van der Waals surface area contributed by atoms with Gasteiger partial charge in [0.25, 0.3) is 0 Å². The SMILES string of the molecule is CCSCC(C)NCC(O)COc1ccccc1C#N. The van der Waals surface area contributed by atoms with E-state index in [-0.39, 0.29) is 6.61 Å². The van der Waals surface area contributed by atoms with Crippen LogP contribution < -0.4 is 10.1 Å². The number of rotatable bonds is 9. The highest BCUT2D eigenvalue weighted by molar-refractivity contribution is 7.99. The molecule has 0 aliphatic carbocycles. The van der Waals surface area contributed by atoms with E-state index in [0.29, 0.717) is 23.9 Å². The van der Waals surface area contributed by atoms with Crippen LogP contribution in [0.15, 0.2) is 24.3 Å². The van der Waals surface area contributed by atoms with Gasteiger partial charge in [-0.05, 0) is 24.8 Å². The van der Waals surface area contributed by atoms with Gasteiger partial charge in [-0.25, -0.2) is 0 Å². The Hall–Kier alpha value is -1.22. The standard InChI is InChI=1S/C15H22N2O2S/c1-3-20-11-12(2)17-9-14(18)10-19-15-7-5-4-6-13(15)8-16/h4-7,12,14,17-18H,3,9-11H2,1-2H3. The lowest BCUT2D eigenvalue weighted by atomic mass is 10.2. The molecule has 0 bridgehead atoms. The van der Waals surface area contributed by atoms with Crippen molar-refractivity contribution in [1.29, 1.82) is 5.26 Å². The number of nitriles is 1. The second-order valence-electron chi connectivity index (χ2n) is 4.54. The van der Waals surface area contributed by atoms with Gasteiger partial charge in [0.1, 0.15) is 24.5 Å². The number of benzene rings is 1. The summed E-state index contributed by atoms with van der Waals surface area (Å²) in [6.07, 6.45) is -0.587. The Morgan fingerprint density at radius 1 is 1.45 bits per heavy atom. The predicted molar refractivity (Wildman–Crippen MR) is 83.1 cm³/mol. The smallest absolute Gasteiger partial charge is 0.137 e. The van der Waals surface area contributed by atoms with E-state index >= 15 is 0 Å². The van der Waals surface area contributed by atoms with E-state index < -0.39 is 6.10 Å². The average molecular weight is 294 g/mol. The van der Waals surface area contributed by atoms with Crippen molar-refractivity contribution in [3.63, 3.8) is 0 Å². The van der Waals surface area contributed by atoms with Gasteiger partial charge in [0.2, 0.25) is 0 Å². The number of aliphatic hydroxyl groups is 1. The number of hydrogen-bond donors (Lipinski definition) is 2. The fourth-order valence-electron chi connectivity index (χ4n) is 1.62. The fraction of sp³-hybridized carbons (Fsp3) is 0.533. The lowest BCUT2D eigenvalue weighted by Crippen LogP contribution is -2.37. The summed E-state index contributed by atoms with van der Waals surface area (Å²) in [4.78, 5) is 0. The average Bonchev–Trinajstić information content (AvgIpc) is 2.48. The highest BCUT2D eigenvalue weighted by atomic mass is 32.2.